The molecule has 1 saturated heterocycles. The molecule has 1 aromatic rings. The van der Waals surface area contributed by atoms with Crippen molar-refractivity contribution in [3.05, 3.63) is 35.4 Å². The van der Waals surface area contributed by atoms with E-state index in [0.717, 1.165) is 25.4 Å². The van der Waals surface area contributed by atoms with Gasteiger partial charge in [-0.25, -0.2) is 0 Å². The first-order valence-electron chi connectivity index (χ1n) is 7.76. The normalized spacial score (nSPS) is 22.4. The highest BCUT2D eigenvalue weighted by Gasteiger charge is 2.22. The van der Waals surface area contributed by atoms with Crippen molar-refractivity contribution >= 4 is 0 Å². The number of piperazine rings is 1. The molecule has 0 aliphatic carbocycles. The van der Waals surface area contributed by atoms with Crippen LogP contribution in [-0.2, 0) is 13.0 Å². The third kappa shape index (κ3) is 4.05. The number of hydrogen-bond acceptors (Lipinski definition) is 2. The number of rotatable bonds is 5. The summed E-state index contributed by atoms with van der Waals surface area (Å²) in [6, 6.07) is 9.78. The minimum absolute atomic E-state index is 0.661. The van der Waals surface area contributed by atoms with Gasteiger partial charge in [-0.05, 0) is 23.5 Å². The lowest BCUT2D eigenvalue weighted by Gasteiger charge is -2.36. The Labute approximate surface area is 118 Å². The Morgan fingerprint density at radius 2 is 1.89 bits per heavy atom. The van der Waals surface area contributed by atoms with E-state index in [2.05, 4.69) is 55.3 Å². The second-order valence-electron chi connectivity index (χ2n) is 5.85. The van der Waals surface area contributed by atoms with Crippen LogP contribution in [0.5, 0.6) is 0 Å². The molecule has 2 atom stereocenters. The van der Waals surface area contributed by atoms with Crippen molar-refractivity contribution in [2.24, 2.45) is 5.92 Å². The highest BCUT2D eigenvalue weighted by molar-refractivity contribution is 5.22. The molecule has 19 heavy (non-hydrogen) atoms. The Morgan fingerprint density at radius 1 is 1.21 bits per heavy atom. The summed E-state index contributed by atoms with van der Waals surface area (Å²) in [4.78, 5) is 2.59. The number of nitrogens with one attached hydrogen (secondary N) is 1. The second-order valence-corrected chi connectivity index (χ2v) is 5.85. The first-order valence-corrected chi connectivity index (χ1v) is 7.76. The van der Waals surface area contributed by atoms with Crippen molar-refractivity contribution in [1.82, 2.24) is 10.2 Å². The molecule has 2 nitrogen and oxygen atoms in total. The number of hydrogen-bond donors (Lipinski definition) is 1. The Balaban J connectivity index is 1.90. The molecule has 0 bridgehead atoms. The maximum atomic E-state index is 3.66. The van der Waals surface area contributed by atoms with E-state index in [0.29, 0.717) is 6.04 Å². The average molecular weight is 260 g/mol. The van der Waals surface area contributed by atoms with E-state index in [1.807, 2.05) is 0 Å². The van der Waals surface area contributed by atoms with E-state index in [-0.39, 0.29) is 0 Å². The molecule has 0 radical (unpaired) electrons. The van der Waals surface area contributed by atoms with Crippen molar-refractivity contribution < 1.29 is 0 Å². The first kappa shape index (κ1) is 14.5. The number of nitrogens with zero attached hydrogens (tertiary/aromatic N) is 1. The molecule has 0 aromatic heterocycles. The highest BCUT2D eigenvalue weighted by atomic mass is 15.2. The maximum Gasteiger partial charge on any atom is 0.0234 e. The Kier molecular flexibility index (Phi) is 5.41. The summed E-state index contributed by atoms with van der Waals surface area (Å²) in [6.45, 7) is 11.4. The molecule has 1 aromatic carbocycles. The molecule has 0 amide bonds. The van der Waals surface area contributed by atoms with Crippen LogP contribution in [-0.4, -0.2) is 30.6 Å². The summed E-state index contributed by atoms with van der Waals surface area (Å²) in [5.74, 6) is 0.769. The quantitative estimate of drug-likeness (QED) is 0.875. The molecule has 1 fully saturated rings. The average Bonchev–Trinajstić information content (AvgIpc) is 2.47. The van der Waals surface area contributed by atoms with Gasteiger partial charge in [-0.15, -0.1) is 0 Å². The Bertz CT molecular complexity index is 371. The van der Waals surface area contributed by atoms with E-state index < -0.39 is 0 Å². The fourth-order valence-corrected chi connectivity index (χ4v) is 2.79. The van der Waals surface area contributed by atoms with Crippen molar-refractivity contribution in [3.8, 4) is 0 Å². The van der Waals surface area contributed by atoms with Crippen LogP contribution in [0.15, 0.2) is 24.3 Å². The molecule has 1 aliphatic heterocycles. The Hall–Kier alpha value is -0.860. The molecule has 2 rings (SSSR count). The zero-order valence-electron chi connectivity index (χ0n) is 12.7. The standard InChI is InChI=1S/C17H28N2/c1-4-14(3)17-13-19(11-10-18-17)12-16-8-6-15(5-2)7-9-16/h6-9,14,17-18H,4-5,10-13H2,1-3H3. The van der Waals surface area contributed by atoms with E-state index in [1.54, 1.807) is 0 Å². The number of aryl methyl sites for hydroxylation is 1. The van der Waals surface area contributed by atoms with Crippen LogP contribution in [0.2, 0.25) is 0 Å². The molecule has 1 aliphatic rings. The highest BCUT2D eigenvalue weighted by Crippen LogP contribution is 2.15. The van der Waals surface area contributed by atoms with Gasteiger partial charge in [0.2, 0.25) is 0 Å². The monoisotopic (exact) mass is 260 g/mol. The van der Waals surface area contributed by atoms with E-state index >= 15 is 0 Å². The maximum absolute atomic E-state index is 3.66. The Morgan fingerprint density at radius 3 is 2.53 bits per heavy atom. The van der Waals surface area contributed by atoms with Crippen LogP contribution in [0.4, 0.5) is 0 Å². The molecule has 1 heterocycles. The second kappa shape index (κ2) is 7.06. The summed E-state index contributed by atoms with van der Waals surface area (Å²) in [7, 11) is 0. The lowest BCUT2D eigenvalue weighted by Crippen LogP contribution is -2.52. The van der Waals surface area contributed by atoms with Gasteiger partial charge in [0.1, 0.15) is 0 Å². The van der Waals surface area contributed by atoms with Crippen LogP contribution in [0.3, 0.4) is 0 Å². The van der Waals surface area contributed by atoms with Crippen LogP contribution in [0.1, 0.15) is 38.3 Å². The lowest BCUT2D eigenvalue weighted by molar-refractivity contribution is 0.162. The van der Waals surface area contributed by atoms with Gasteiger partial charge in [0.05, 0.1) is 0 Å². The first-order chi connectivity index (χ1) is 9.22. The van der Waals surface area contributed by atoms with Gasteiger partial charge in [-0.3, -0.25) is 4.90 Å². The van der Waals surface area contributed by atoms with Gasteiger partial charge in [0.15, 0.2) is 0 Å². The van der Waals surface area contributed by atoms with Gasteiger partial charge in [-0.2, -0.15) is 0 Å². The summed E-state index contributed by atoms with van der Waals surface area (Å²) in [5.41, 5.74) is 2.88. The van der Waals surface area contributed by atoms with Gasteiger partial charge >= 0.3 is 0 Å². The molecule has 0 saturated carbocycles. The summed E-state index contributed by atoms with van der Waals surface area (Å²) >= 11 is 0. The predicted molar refractivity (Wildman–Crippen MR) is 82.3 cm³/mol. The third-order valence-corrected chi connectivity index (χ3v) is 4.46. The van der Waals surface area contributed by atoms with Gasteiger partial charge in [-0.1, -0.05) is 51.5 Å². The minimum Gasteiger partial charge on any atom is -0.311 e. The van der Waals surface area contributed by atoms with E-state index in [1.165, 1.54) is 30.6 Å². The van der Waals surface area contributed by atoms with Gasteiger partial charge < -0.3 is 5.32 Å². The van der Waals surface area contributed by atoms with Gasteiger partial charge in [0, 0.05) is 32.2 Å². The van der Waals surface area contributed by atoms with Crippen LogP contribution in [0.25, 0.3) is 0 Å². The molecule has 1 N–H and O–H groups in total. The topological polar surface area (TPSA) is 15.3 Å². The summed E-state index contributed by atoms with van der Waals surface area (Å²) < 4.78 is 0. The largest absolute Gasteiger partial charge is 0.311 e. The van der Waals surface area contributed by atoms with Crippen LogP contribution < -0.4 is 5.32 Å². The minimum atomic E-state index is 0.661. The zero-order chi connectivity index (χ0) is 13.7. The molecular formula is C17H28N2. The number of benzene rings is 1. The molecule has 2 unspecified atom stereocenters. The van der Waals surface area contributed by atoms with Crippen molar-refractivity contribution in [2.45, 2.75) is 46.2 Å². The van der Waals surface area contributed by atoms with Crippen LogP contribution >= 0.6 is 0 Å². The molecule has 106 valence electrons. The summed E-state index contributed by atoms with van der Waals surface area (Å²) in [6.07, 6.45) is 2.39. The van der Waals surface area contributed by atoms with Crippen LogP contribution in [0, 0.1) is 5.92 Å². The summed E-state index contributed by atoms with van der Waals surface area (Å²) in [5, 5.41) is 3.66. The predicted octanol–water partition coefficient (Wildman–Crippen LogP) is 3.07. The molecule has 2 heteroatoms. The third-order valence-electron chi connectivity index (χ3n) is 4.46. The zero-order valence-corrected chi connectivity index (χ0v) is 12.7. The fraction of sp³-hybridized carbons (Fsp3) is 0.647. The van der Waals surface area contributed by atoms with Crippen molar-refractivity contribution in [3.63, 3.8) is 0 Å². The smallest absolute Gasteiger partial charge is 0.0234 e. The van der Waals surface area contributed by atoms with E-state index in [9.17, 15) is 0 Å². The van der Waals surface area contributed by atoms with Crippen molar-refractivity contribution in [2.75, 3.05) is 19.6 Å². The van der Waals surface area contributed by atoms with Gasteiger partial charge in [0.25, 0.3) is 0 Å². The lowest BCUT2D eigenvalue weighted by atomic mass is 9.97. The van der Waals surface area contributed by atoms with E-state index in [4.69, 9.17) is 0 Å². The molecular weight excluding hydrogens is 232 g/mol. The SMILES string of the molecule is CCc1ccc(CN2CCNC(C(C)CC)C2)cc1. The fourth-order valence-electron chi connectivity index (χ4n) is 2.79. The molecule has 0 spiro atoms. The van der Waals surface area contributed by atoms with Crippen molar-refractivity contribution in [1.29, 1.82) is 0 Å².